The molecule has 0 saturated carbocycles. The van der Waals surface area contributed by atoms with Crippen LogP contribution in [0.5, 0.6) is 0 Å². The number of nitrogens with zero attached hydrogens (tertiary/aromatic N) is 3. The van der Waals surface area contributed by atoms with E-state index < -0.39 is 22.9 Å². The lowest BCUT2D eigenvalue weighted by Gasteiger charge is -2.16. The van der Waals surface area contributed by atoms with Gasteiger partial charge in [-0.3, -0.25) is 14.0 Å². The molecule has 7 nitrogen and oxygen atoms in total. The summed E-state index contributed by atoms with van der Waals surface area (Å²) in [6, 6.07) is 7.88. The Hall–Kier alpha value is -2.46. The molecular weight excluding hydrogens is 455 g/mol. The number of aryl methyl sites for hydroxylation is 1. The highest BCUT2D eigenvalue weighted by Crippen LogP contribution is 2.27. The first-order chi connectivity index (χ1) is 15.4. The molecule has 1 aromatic heterocycles. The molecule has 2 aromatic carbocycles. The second-order valence-corrected chi connectivity index (χ2v) is 8.75. The number of nitrogens with one attached hydrogen (secondary N) is 1. The maximum absolute atomic E-state index is 15.2. The highest BCUT2D eigenvalue weighted by molar-refractivity contribution is 7.77. The largest absolute Gasteiger partial charge is 0.760 e. The van der Waals surface area contributed by atoms with Gasteiger partial charge in [0.25, 0.3) is 0 Å². The van der Waals surface area contributed by atoms with Crippen molar-refractivity contribution in [3.05, 3.63) is 64.1 Å². The fourth-order valence-electron chi connectivity index (χ4n) is 3.82. The van der Waals surface area contributed by atoms with Gasteiger partial charge in [0.15, 0.2) is 5.78 Å². The van der Waals surface area contributed by atoms with Crippen molar-refractivity contribution < 1.29 is 17.9 Å². The van der Waals surface area contributed by atoms with Crippen molar-refractivity contribution in [1.82, 2.24) is 14.7 Å². The molecule has 10 heteroatoms. The molecule has 0 bridgehead atoms. The van der Waals surface area contributed by atoms with Crippen LogP contribution in [-0.4, -0.2) is 44.1 Å². The molecule has 4 rings (SSSR count). The number of carbonyl (C=O) groups is 1. The molecule has 1 unspecified atom stereocenters. The highest BCUT2D eigenvalue weighted by atomic mass is 35.5. The minimum Gasteiger partial charge on any atom is -0.760 e. The third-order valence-electron chi connectivity index (χ3n) is 5.46. The Kier molecular flexibility index (Phi) is 7.10. The highest BCUT2D eigenvalue weighted by Gasteiger charge is 2.21. The topological polar surface area (TPSA) is 98.2 Å². The van der Waals surface area contributed by atoms with Gasteiger partial charge in [0, 0.05) is 36.5 Å². The number of anilines is 1. The Morgan fingerprint density at radius 3 is 2.75 bits per heavy atom. The first-order valence-corrected chi connectivity index (χ1v) is 11.8. The predicted octanol–water partition coefficient (Wildman–Crippen LogP) is 3.57. The standard InChI is InChI=1S/C22H22ClFN4O3S/c23-16-7-5-14(4-3-9-26-32(30)31)21(24)20(16)22(29)15-6-8-17-18(12-15)27-19(13-25-17)28-10-1-2-11-28/h5-8,12-13,26H,1-4,9-11H2,(H,30,31)/p-1. The van der Waals surface area contributed by atoms with E-state index in [2.05, 4.69) is 19.6 Å². The third kappa shape index (κ3) is 4.96. The number of hydrogen-bond acceptors (Lipinski definition) is 6. The molecule has 0 radical (unpaired) electrons. The van der Waals surface area contributed by atoms with Gasteiger partial charge < -0.3 is 9.45 Å². The van der Waals surface area contributed by atoms with E-state index in [1.54, 1.807) is 24.4 Å². The maximum Gasteiger partial charge on any atom is 0.197 e. The molecule has 2 heterocycles. The van der Waals surface area contributed by atoms with Gasteiger partial charge in [-0.25, -0.2) is 14.1 Å². The Morgan fingerprint density at radius 1 is 1.22 bits per heavy atom. The maximum atomic E-state index is 15.2. The molecule has 32 heavy (non-hydrogen) atoms. The minimum absolute atomic E-state index is 0.0204. The molecule has 1 aliphatic rings. The molecule has 1 fully saturated rings. The van der Waals surface area contributed by atoms with Crippen LogP contribution in [0.25, 0.3) is 11.0 Å². The molecule has 0 amide bonds. The van der Waals surface area contributed by atoms with Crippen LogP contribution in [0.4, 0.5) is 10.2 Å². The second-order valence-electron chi connectivity index (χ2n) is 7.58. The van der Waals surface area contributed by atoms with Gasteiger partial charge in [0.05, 0.1) is 27.8 Å². The summed E-state index contributed by atoms with van der Waals surface area (Å²) < 4.78 is 38.5. The summed E-state index contributed by atoms with van der Waals surface area (Å²) in [4.78, 5) is 24.4. The Labute approximate surface area is 192 Å². The molecule has 0 aliphatic carbocycles. The van der Waals surface area contributed by atoms with E-state index in [1.165, 1.54) is 12.1 Å². The summed E-state index contributed by atoms with van der Waals surface area (Å²) in [5.41, 5.74) is 1.57. The average Bonchev–Trinajstić information content (AvgIpc) is 3.32. The normalized spacial score (nSPS) is 14.8. The van der Waals surface area contributed by atoms with E-state index in [0.29, 0.717) is 23.0 Å². The van der Waals surface area contributed by atoms with Crippen molar-refractivity contribution in [3.8, 4) is 0 Å². The summed E-state index contributed by atoms with van der Waals surface area (Å²) in [6.07, 6.45) is 4.58. The van der Waals surface area contributed by atoms with Crippen LogP contribution in [0.2, 0.25) is 5.02 Å². The van der Waals surface area contributed by atoms with E-state index in [1.807, 2.05) is 0 Å². The molecular formula is C22H21ClFN4O3S-. The Morgan fingerprint density at radius 2 is 2.00 bits per heavy atom. The lowest BCUT2D eigenvalue weighted by molar-refractivity contribution is 0.103. The lowest BCUT2D eigenvalue weighted by Crippen LogP contribution is -2.19. The van der Waals surface area contributed by atoms with Gasteiger partial charge in [-0.15, -0.1) is 0 Å². The summed E-state index contributed by atoms with van der Waals surface area (Å²) in [5, 5.41) is 0.0204. The second kappa shape index (κ2) is 9.99. The van der Waals surface area contributed by atoms with Gasteiger partial charge in [0.2, 0.25) is 0 Å². The van der Waals surface area contributed by atoms with Crippen molar-refractivity contribution in [2.75, 3.05) is 24.5 Å². The van der Waals surface area contributed by atoms with E-state index in [4.69, 9.17) is 11.6 Å². The zero-order valence-electron chi connectivity index (χ0n) is 17.1. The average molecular weight is 476 g/mol. The van der Waals surface area contributed by atoms with Crippen LogP contribution in [0.3, 0.4) is 0 Å². The van der Waals surface area contributed by atoms with Crippen molar-refractivity contribution in [3.63, 3.8) is 0 Å². The Bertz CT molecular complexity index is 1190. The van der Waals surface area contributed by atoms with Gasteiger partial charge in [-0.2, -0.15) is 0 Å². The van der Waals surface area contributed by atoms with E-state index in [-0.39, 0.29) is 29.1 Å². The third-order valence-corrected chi connectivity index (χ3v) is 6.22. The first-order valence-electron chi connectivity index (χ1n) is 10.3. The Balaban J connectivity index is 1.61. The van der Waals surface area contributed by atoms with Crippen LogP contribution >= 0.6 is 11.6 Å². The zero-order chi connectivity index (χ0) is 22.7. The van der Waals surface area contributed by atoms with Gasteiger partial charge in [0.1, 0.15) is 11.6 Å². The molecule has 3 aromatic rings. The summed E-state index contributed by atoms with van der Waals surface area (Å²) in [7, 11) is 0. The van der Waals surface area contributed by atoms with E-state index >= 15 is 4.39 Å². The van der Waals surface area contributed by atoms with Crippen LogP contribution in [0.1, 0.15) is 40.7 Å². The monoisotopic (exact) mass is 475 g/mol. The van der Waals surface area contributed by atoms with Crippen molar-refractivity contribution >= 4 is 45.5 Å². The summed E-state index contributed by atoms with van der Waals surface area (Å²) in [5.74, 6) is -0.468. The number of fused-ring (bicyclic) bond motifs is 1. The van der Waals surface area contributed by atoms with Crippen LogP contribution in [0.15, 0.2) is 36.5 Å². The molecule has 1 atom stereocenters. The molecule has 0 spiro atoms. The fraction of sp³-hybridized carbons (Fsp3) is 0.318. The number of halogens is 2. The van der Waals surface area contributed by atoms with E-state index in [0.717, 1.165) is 31.7 Å². The molecule has 168 valence electrons. The van der Waals surface area contributed by atoms with Gasteiger partial charge in [-0.1, -0.05) is 17.7 Å². The number of benzene rings is 2. The SMILES string of the molecule is O=C(c1ccc2ncc(N3CCCC3)nc2c1)c1c(Cl)ccc(CCCNS(=O)[O-])c1F. The van der Waals surface area contributed by atoms with Crippen LogP contribution in [-0.2, 0) is 17.7 Å². The van der Waals surface area contributed by atoms with Gasteiger partial charge >= 0.3 is 0 Å². The smallest absolute Gasteiger partial charge is 0.197 e. The summed E-state index contributed by atoms with van der Waals surface area (Å²) >= 11 is 3.82. The van der Waals surface area contributed by atoms with Crippen molar-refractivity contribution in [2.24, 2.45) is 0 Å². The van der Waals surface area contributed by atoms with Crippen molar-refractivity contribution in [1.29, 1.82) is 0 Å². The molecule has 1 N–H and O–H groups in total. The minimum atomic E-state index is -2.37. The fourth-order valence-corrected chi connectivity index (χ4v) is 4.36. The number of aromatic nitrogens is 2. The number of carbonyl (C=O) groups excluding carboxylic acids is 1. The molecule has 1 saturated heterocycles. The summed E-state index contributed by atoms with van der Waals surface area (Å²) in [6.45, 7) is 2.02. The number of ketones is 1. The van der Waals surface area contributed by atoms with Gasteiger partial charge in [-0.05, 0) is 55.5 Å². The van der Waals surface area contributed by atoms with Crippen LogP contribution in [0, 0.1) is 5.82 Å². The number of rotatable bonds is 8. The zero-order valence-corrected chi connectivity index (χ0v) is 18.7. The predicted molar refractivity (Wildman–Crippen MR) is 121 cm³/mol. The van der Waals surface area contributed by atoms with Crippen LogP contribution < -0.4 is 9.62 Å². The quantitative estimate of drug-likeness (QED) is 0.304. The lowest BCUT2D eigenvalue weighted by atomic mass is 9.98. The van der Waals surface area contributed by atoms with Crippen molar-refractivity contribution in [2.45, 2.75) is 25.7 Å². The number of hydrogen-bond donors (Lipinski definition) is 1. The first kappa shape index (κ1) is 22.7. The van der Waals surface area contributed by atoms with E-state index in [9.17, 15) is 13.6 Å². The molecule has 1 aliphatic heterocycles.